The van der Waals surface area contributed by atoms with E-state index in [1.807, 2.05) is 30.3 Å². The van der Waals surface area contributed by atoms with Crippen LogP contribution in [-0.2, 0) is 12.0 Å². The van der Waals surface area contributed by atoms with Gasteiger partial charge in [-0.15, -0.1) is 0 Å². The first-order valence-corrected chi connectivity index (χ1v) is 6.62. The Labute approximate surface area is 119 Å². The Morgan fingerprint density at radius 1 is 1.10 bits per heavy atom. The molecular weight excluding hydrogens is 250 g/mol. The van der Waals surface area contributed by atoms with E-state index in [2.05, 4.69) is 5.32 Å². The Hall–Kier alpha value is -2.13. The molecule has 0 fully saturated rings. The van der Waals surface area contributed by atoms with Crippen LogP contribution in [0.25, 0.3) is 0 Å². The molecule has 2 aromatic rings. The molecule has 0 aliphatic carbocycles. The summed E-state index contributed by atoms with van der Waals surface area (Å²) in [6.07, 6.45) is 0.535. The van der Waals surface area contributed by atoms with Gasteiger partial charge in [-0.2, -0.15) is 0 Å². The number of hydrogen-bond donors (Lipinski definition) is 2. The third kappa shape index (κ3) is 3.25. The smallest absolute Gasteiger partial charge is 0.251 e. The van der Waals surface area contributed by atoms with Gasteiger partial charge in [-0.05, 0) is 30.2 Å². The standard InChI is InChI=1S/C17H19NO2/c1-17(20,12-13-6-4-3-5-7-13)15-10-8-14(9-11-15)16(19)18-2/h3-11,20H,12H2,1-2H3,(H,18,19). The van der Waals surface area contributed by atoms with E-state index in [9.17, 15) is 9.90 Å². The summed E-state index contributed by atoms with van der Waals surface area (Å²) >= 11 is 0. The average molecular weight is 269 g/mol. The minimum absolute atomic E-state index is 0.126. The van der Waals surface area contributed by atoms with Crippen LogP contribution in [0.1, 0.15) is 28.4 Å². The number of amides is 1. The topological polar surface area (TPSA) is 49.3 Å². The highest BCUT2D eigenvalue weighted by atomic mass is 16.3. The van der Waals surface area contributed by atoms with E-state index >= 15 is 0 Å². The SMILES string of the molecule is CNC(=O)c1ccc(C(C)(O)Cc2ccccc2)cc1. The van der Waals surface area contributed by atoms with Crippen LogP contribution in [0.3, 0.4) is 0 Å². The van der Waals surface area contributed by atoms with Gasteiger partial charge in [0.05, 0.1) is 5.60 Å². The maximum Gasteiger partial charge on any atom is 0.251 e. The second kappa shape index (κ2) is 5.88. The van der Waals surface area contributed by atoms with Crippen molar-refractivity contribution in [2.75, 3.05) is 7.05 Å². The predicted octanol–water partition coefficient (Wildman–Crippen LogP) is 2.50. The fourth-order valence-electron chi connectivity index (χ4n) is 2.22. The van der Waals surface area contributed by atoms with Crippen LogP contribution in [0, 0.1) is 0 Å². The number of aliphatic hydroxyl groups is 1. The van der Waals surface area contributed by atoms with E-state index in [-0.39, 0.29) is 5.91 Å². The molecule has 3 nitrogen and oxygen atoms in total. The Morgan fingerprint density at radius 3 is 2.25 bits per heavy atom. The number of benzene rings is 2. The molecule has 1 atom stereocenters. The molecule has 0 aliphatic rings. The molecule has 2 N–H and O–H groups in total. The number of hydrogen-bond acceptors (Lipinski definition) is 2. The quantitative estimate of drug-likeness (QED) is 0.896. The van der Waals surface area contributed by atoms with Gasteiger partial charge >= 0.3 is 0 Å². The van der Waals surface area contributed by atoms with Gasteiger partial charge < -0.3 is 10.4 Å². The van der Waals surface area contributed by atoms with Gasteiger partial charge in [0.1, 0.15) is 0 Å². The lowest BCUT2D eigenvalue weighted by atomic mass is 9.88. The highest BCUT2D eigenvalue weighted by molar-refractivity contribution is 5.93. The van der Waals surface area contributed by atoms with Crippen molar-refractivity contribution in [1.82, 2.24) is 5.32 Å². The van der Waals surface area contributed by atoms with E-state index in [0.717, 1.165) is 11.1 Å². The average Bonchev–Trinajstić information content (AvgIpc) is 2.47. The van der Waals surface area contributed by atoms with E-state index in [1.165, 1.54) is 0 Å². The van der Waals surface area contributed by atoms with Crippen LogP contribution in [0.4, 0.5) is 0 Å². The molecule has 0 aromatic heterocycles. The normalized spacial score (nSPS) is 13.6. The molecule has 104 valence electrons. The largest absolute Gasteiger partial charge is 0.385 e. The highest BCUT2D eigenvalue weighted by Crippen LogP contribution is 2.25. The van der Waals surface area contributed by atoms with Crippen LogP contribution in [-0.4, -0.2) is 18.1 Å². The summed E-state index contributed by atoms with van der Waals surface area (Å²) in [6, 6.07) is 16.9. The van der Waals surface area contributed by atoms with Crippen LogP contribution in [0.15, 0.2) is 54.6 Å². The van der Waals surface area contributed by atoms with Crippen molar-refractivity contribution in [1.29, 1.82) is 0 Å². The molecule has 0 saturated carbocycles. The summed E-state index contributed by atoms with van der Waals surface area (Å²) in [6.45, 7) is 1.79. The third-order valence-corrected chi connectivity index (χ3v) is 3.39. The van der Waals surface area contributed by atoms with Crippen LogP contribution < -0.4 is 5.32 Å². The monoisotopic (exact) mass is 269 g/mol. The molecule has 0 heterocycles. The summed E-state index contributed by atoms with van der Waals surface area (Å²) in [7, 11) is 1.60. The van der Waals surface area contributed by atoms with E-state index in [1.54, 1.807) is 38.2 Å². The summed E-state index contributed by atoms with van der Waals surface area (Å²) < 4.78 is 0. The van der Waals surface area contributed by atoms with Crippen molar-refractivity contribution in [3.05, 3.63) is 71.3 Å². The van der Waals surface area contributed by atoms with Gasteiger partial charge in [-0.1, -0.05) is 42.5 Å². The van der Waals surface area contributed by atoms with Crippen LogP contribution in [0.5, 0.6) is 0 Å². The van der Waals surface area contributed by atoms with Crippen molar-refractivity contribution >= 4 is 5.91 Å². The van der Waals surface area contributed by atoms with Gasteiger partial charge in [0, 0.05) is 19.0 Å². The third-order valence-electron chi connectivity index (χ3n) is 3.39. The summed E-state index contributed by atoms with van der Waals surface area (Å²) in [4.78, 5) is 11.5. The lowest BCUT2D eigenvalue weighted by Gasteiger charge is -2.24. The zero-order valence-electron chi connectivity index (χ0n) is 11.8. The molecule has 2 aromatic carbocycles. The minimum Gasteiger partial charge on any atom is -0.385 e. The fourth-order valence-corrected chi connectivity index (χ4v) is 2.22. The maximum atomic E-state index is 11.5. The van der Waals surface area contributed by atoms with E-state index in [4.69, 9.17) is 0 Å². The lowest BCUT2D eigenvalue weighted by molar-refractivity contribution is 0.0575. The Bertz CT molecular complexity index is 574. The lowest BCUT2D eigenvalue weighted by Crippen LogP contribution is -2.24. The first kappa shape index (κ1) is 14.3. The van der Waals surface area contributed by atoms with Gasteiger partial charge in [-0.25, -0.2) is 0 Å². The van der Waals surface area contributed by atoms with Crippen LogP contribution in [0.2, 0.25) is 0 Å². The molecule has 0 saturated heterocycles. The summed E-state index contributed by atoms with van der Waals surface area (Å²) in [5.74, 6) is -0.126. The second-order valence-electron chi connectivity index (χ2n) is 5.09. The molecule has 2 rings (SSSR count). The highest BCUT2D eigenvalue weighted by Gasteiger charge is 2.23. The molecule has 0 spiro atoms. The predicted molar refractivity (Wildman–Crippen MR) is 79.5 cm³/mol. The van der Waals surface area contributed by atoms with E-state index in [0.29, 0.717) is 12.0 Å². The zero-order valence-corrected chi connectivity index (χ0v) is 11.8. The fraction of sp³-hybridized carbons (Fsp3) is 0.235. The summed E-state index contributed by atoms with van der Waals surface area (Å²) in [5.41, 5.74) is 1.51. The number of rotatable bonds is 4. The van der Waals surface area contributed by atoms with Gasteiger partial charge in [0.15, 0.2) is 0 Å². The van der Waals surface area contributed by atoms with Crippen molar-refractivity contribution in [2.24, 2.45) is 0 Å². The van der Waals surface area contributed by atoms with Gasteiger partial charge in [-0.3, -0.25) is 4.79 Å². The first-order chi connectivity index (χ1) is 9.53. The molecule has 20 heavy (non-hydrogen) atoms. The molecule has 1 unspecified atom stereocenters. The van der Waals surface area contributed by atoms with Crippen molar-refractivity contribution in [2.45, 2.75) is 18.9 Å². The molecule has 0 bridgehead atoms. The number of carbonyl (C=O) groups is 1. The molecule has 0 radical (unpaired) electrons. The minimum atomic E-state index is -0.956. The maximum absolute atomic E-state index is 11.5. The van der Waals surface area contributed by atoms with Crippen molar-refractivity contribution < 1.29 is 9.90 Å². The molecule has 3 heteroatoms. The van der Waals surface area contributed by atoms with Gasteiger partial charge in [0.2, 0.25) is 0 Å². The van der Waals surface area contributed by atoms with Crippen LogP contribution >= 0.6 is 0 Å². The van der Waals surface area contributed by atoms with E-state index < -0.39 is 5.60 Å². The Morgan fingerprint density at radius 2 is 1.70 bits per heavy atom. The first-order valence-electron chi connectivity index (χ1n) is 6.62. The molecule has 0 aliphatic heterocycles. The molecule has 1 amide bonds. The Balaban J connectivity index is 2.19. The van der Waals surface area contributed by atoms with Crippen molar-refractivity contribution in [3.8, 4) is 0 Å². The number of carbonyl (C=O) groups excluding carboxylic acids is 1. The Kier molecular flexibility index (Phi) is 4.20. The zero-order chi connectivity index (χ0) is 14.6. The second-order valence-corrected chi connectivity index (χ2v) is 5.09. The molecular formula is C17H19NO2. The number of nitrogens with one attached hydrogen (secondary N) is 1. The van der Waals surface area contributed by atoms with Crippen molar-refractivity contribution in [3.63, 3.8) is 0 Å². The van der Waals surface area contributed by atoms with Gasteiger partial charge in [0.25, 0.3) is 5.91 Å². The summed E-state index contributed by atoms with van der Waals surface area (Å²) in [5, 5.41) is 13.2.